The molecule has 3 aromatic heterocycles. The van der Waals surface area contributed by atoms with Gasteiger partial charge in [0.25, 0.3) is 0 Å². The van der Waals surface area contributed by atoms with Gasteiger partial charge < -0.3 is 8.83 Å². The van der Waals surface area contributed by atoms with Crippen LogP contribution in [0, 0.1) is 6.92 Å². The van der Waals surface area contributed by atoms with Crippen molar-refractivity contribution >= 4 is 38.8 Å². The van der Waals surface area contributed by atoms with Crippen molar-refractivity contribution in [2.24, 2.45) is 7.05 Å². The minimum absolute atomic E-state index is 0.821. The normalized spacial score (nSPS) is 12.1. The lowest BCUT2D eigenvalue weighted by Gasteiger charge is -2.03. The third kappa shape index (κ3) is 1.84. The van der Waals surface area contributed by atoms with E-state index in [9.17, 15) is 0 Å². The van der Waals surface area contributed by atoms with Crippen molar-refractivity contribution < 1.29 is 13.4 Å². The summed E-state index contributed by atoms with van der Waals surface area (Å²) in [4.78, 5) is 0. The predicted molar refractivity (Wildman–Crippen MR) is 106 cm³/mol. The number of hydrogen-bond acceptors (Lipinski definition) is 2. The Morgan fingerprint density at radius 3 is 2.48 bits per heavy atom. The molecule has 4 heteroatoms. The topological polar surface area (TPSA) is 34.6 Å². The fourth-order valence-corrected chi connectivity index (χ4v) is 4.15. The average Bonchev–Trinajstić information content (AvgIpc) is 3.31. The Bertz CT molecular complexity index is 1500. The van der Waals surface area contributed by atoms with Gasteiger partial charge in [-0.2, -0.15) is 4.40 Å². The van der Waals surface area contributed by atoms with Crippen LogP contribution < -0.4 is 4.57 Å². The number of aromatic nitrogens is 2. The molecule has 0 spiro atoms. The molecule has 0 N–H and O–H groups in total. The van der Waals surface area contributed by atoms with Gasteiger partial charge in [-0.3, -0.25) is 0 Å². The van der Waals surface area contributed by atoms with Gasteiger partial charge in [0, 0.05) is 10.8 Å². The number of nitrogens with zero attached hydrogens (tertiary/aromatic N) is 2. The van der Waals surface area contributed by atoms with E-state index in [4.69, 9.17) is 8.83 Å². The second-order valence-electron chi connectivity index (χ2n) is 7.04. The minimum Gasteiger partial charge on any atom is -0.455 e. The van der Waals surface area contributed by atoms with Crippen LogP contribution in [0.15, 0.2) is 75.7 Å². The van der Waals surface area contributed by atoms with Crippen LogP contribution >= 0.6 is 0 Å². The Kier molecular flexibility index (Phi) is 2.71. The summed E-state index contributed by atoms with van der Waals surface area (Å²) in [7, 11) is 2.05. The van der Waals surface area contributed by atoms with E-state index in [0.29, 0.717) is 0 Å². The summed E-state index contributed by atoms with van der Waals surface area (Å²) < 4.78 is 16.7. The summed E-state index contributed by atoms with van der Waals surface area (Å²) in [6.45, 7) is 2.13. The molecule has 6 rings (SSSR count). The zero-order chi connectivity index (χ0) is 18.1. The first-order chi connectivity index (χ1) is 13.2. The first-order valence-electron chi connectivity index (χ1n) is 9.02. The number of furan rings is 1. The molecule has 0 bridgehead atoms. The van der Waals surface area contributed by atoms with Gasteiger partial charge in [0.15, 0.2) is 22.9 Å². The molecule has 0 aliphatic carbocycles. The van der Waals surface area contributed by atoms with Crippen molar-refractivity contribution in [3.63, 3.8) is 0 Å². The molecular weight excluding hydrogens is 336 g/mol. The zero-order valence-corrected chi connectivity index (χ0v) is 15.1. The van der Waals surface area contributed by atoms with Crippen LogP contribution in [0.1, 0.15) is 5.56 Å². The van der Waals surface area contributed by atoms with E-state index in [0.717, 1.165) is 50.1 Å². The van der Waals surface area contributed by atoms with Gasteiger partial charge in [0.05, 0.1) is 7.05 Å². The third-order valence-electron chi connectivity index (χ3n) is 5.37. The first-order valence-corrected chi connectivity index (χ1v) is 9.02. The van der Waals surface area contributed by atoms with E-state index in [1.54, 1.807) is 0 Å². The molecule has 0 saturated heterocycles. The van der Waals surface area contributed by atoms with Crippen LogP contribution in [0.25, 0.3) is 50.1 Å². The van der Waals surface area contributed by atoms with E-state index in [-0.39, 0.29) is 0 Å². The maximum absolute atomic E-state index is 6.32. The van der Waals surface area contributed by atoms with Crippen molar-refractivity contribution in [3.8, 4) is 11.4 Å². The summed E-state index contributed by atoms with van der Waals surface area (Å²) in [6, 6.07) is 20.6. The Labute approximate surface area is 154 Å². The molecule has 3 heterocycles. The fourth-order valence-electron chi connectivity index (χ4n) is 4.15. The third-order valence-corrected chi connectivity index (χ3v) is 5.37. The minimum atomic E-state index is 0.821. The average molecular weight is 353 g/mol. The molecule has 0 aliphatic heterocycles. The van der Waals surface area contributed by atoms with Crippen molar-refractivity contribution in [3.05, 3.63) is 72.4 Å². The molecule has 0 atom stereocenters. The maximum Gasteiger partial charge on any atom is 0.336 e. The molecule has 0 amide bonds. The molecule has 0 aliphatic rings. The standard InChI is InChI=1S/C23H17N2O2/c1-14-11-12-16-15-7-3-5-9-18(15)27-22(16)21(14)23-24(2)13-20-25(23)17-8-4-6-10-19(17)26-20/h3-13H,1-2H3/q+1. The Morgan fingerprint density at radius 1 is 0.815 bits per heavy atom. The number of hydrogen-bond donors (Lipinski definition) is 0. The number of oxazole rings is 1. The van der Waals surface area contributed by atoms with E-state index in [2.05, 4.69) is 46.2 Å². The van der Waals surface area contributed by atoms with Crippen molar-refractivity contribution in [1.82, 2.24) is 4.40 Å². The summed E-state index contributed by atoms with van der Waals surface area (Å²) in [5.74, 6) is 1.05. The number of rotatable bonds is 1. The van der Waals surface area contributed by atoms with E-state index >= 15 is 0 Å². The SMILES string of the molecule is Cc1ccc2c(oc3ccccc32)c1-c1n2c(c[n+]1C)oc1ccccc12. The molecular formula is C23H17N2O2+. The van der Waals surface area contributed by atoms with E-state index < -0.39 is 0 Å². The molecule has 0 fully saturated rings. The zero-order valence-electron chi connectivity index (χ0n) is 15.1. The van der Waals surface area contributed by atoms with Crippen LogP contribution in [-0.2, 0) is 7.05 Å². The quantitative estimate of drug-likeness (QED) is 0.372. The van der Waals surface area contributed by atoms with Crippen LogP contribution in [-0.4, -0.2) is 4.40 Å². The molecule has 0 unspecified atom stereocenters. The van der Waals surface area contributed by atoms with E-state index in [1.807, 2.05) is 43.6 Å². The highest BCUT2D eigenvalue weighted by Gasteiger charge is 2.28. The largest absolute Gasteiger partial charge is 0.455 e. The lowest BCUT2D eigenvalue weighted by atomic mass is 10.0. The van der Waals surface area contributed by atoms with Crippen molar-refractivity contribution in [2.75, 3.05) is 0 Å². The molecule has 4 nitrogen and oxygen atoms in total. The highest BCUT2D eigenvalue weighted by Crippen LogP contribution is 2.38. The molecule has 6 aromatic rings. The van der Waals surface area contributed by atoms with Crippen molar-refractivity contribution in [2.45, 2.75) is 6.92 Å². The van der Waals surface area contributed by atoms with Gasteiger partial charge in [-0.05, 0) is 30.7 Å². The summed E-state index contributed by atoms with van der Waals surface area (Å²) in [6.07, 6.45) is 2.02. The smallest absolute Gasteiger partial charge is 0.336 e. The first kappa shape index (κ1) is 14.6. The maximum atomic E-state index is 6.32. The molecule has 3 aromatic carbocycles. The number of para-hydroxylation sites is 3. The predicted octanol–water partition coefficient (Wildman–Crippen LogP) is 5.38. The Hall–Kier alpha value is -3.53. The van der Waals surface area contributed by atoms with Gasteiger partial charge in [0.2, 0.25) is 0 Å². The van der Waals surface area contributed by atoms with Gasteiger partial charge in [0.1, 0.15) is 11.1 Å². The second kappa shape index (κ2) is 5.01. The fraction of sp³-hybridized carbons (Fsp3) is 0.0870. The van der Waals surface area contributed by atoms with Gasteiger partial charge in [-0.1, -0.05) is 42.5 Å². The van der Waals surface area contributed by atoms with Gasteiger partial charge in [-0.15, -0.1) is 0 Å². The van der Waals surface area contributed by atoms with Crippen LogP contribution in [0.5, 0.6) is 0 Å². The van der Waals surface area contributed by atoms with Gasteiger partial charge in [-0.25, -0.2) is 4.57 Å². The van der Waals surface area contributed by atoms with Gasteiger partial charge >= 0.3 is 11.5 Å². The number of imidazole rings is 1. The monoisotopic (exact) mass is 353 g/mol. The molecule has 0 saturated carbocycles. The lowest BCUT2D eigenvalue weighted by molar-refractivity contribution is -0.658. The molecule has 0 radical (unpaired) electrons. The highest BCUT2D eigenvalue weighted by atomic mass is 16.3. The molecule has 130 valence electrons. The molecule has 27 heavy (non-hydrogen) atoms. The summed E-state index contributed by atoms with van der Waals surface area (Å²) in [5.41, 5.74) is 6.84. The second-order valence-corrected chi connectivity index (χ2v) is 7.04. The van der Waals surface area contributed by atoms with E-state index in [1.165, 1.54) is 5.56 Å². The number of aryl methyl sites for hydroxylation is 2. The van der Waals surface area contributed by atoms with Crippen LogP contribution in [0.2, 0.25) is 0 Å². The van der Waals surface area contributed by atoms with Crippen molar-refractivity contribution in [1.29, 1.82) is 0 Å². The number of fused-ring (bicyclic) bond motifs is 6. The van der Waals surface area contributed by atoms with Crippen LogP contribution in [0.3, 0.4) is 0 Å². The highest BCUT2D eigenvalue weighted by molar-refractivity contribution is 6.09. The Balaban J connectivity index is 1.83. The Morgan fingerprint density at radius 2 is 1.59 bits per heavy atom. The van der Waals surface area contributed by atoms with Crippen LogP contribution in [0.4, 0.5) is 0 Å². The number of benzene rings is 3. The summed E-state index contributed by atoms with van der Waals surface area (Å²) >= 11 is 0. The summed E-state index contributed by atoms with van der Waals surface area (Å²) in [5, 5.41) is 2.27. The lowest BCUT2D eigenvalue weighted by Crippen LogP contribution is -2.28.